The second-order valence-electron chi connectivity index (χ2n) is 11.8. The fourth-order valence-corrected chi connectivity index (χ4v) is 5.00. The van der Waals surface area contributed by atoms with E-state index >= 15 is 0 Å². The van der Waals surface area contributed by atoms with Gasteiger partial charge in [-0.1, -0.05) is 126 Å². The van der Waals surface area contributed by atoms with E-state index < -0.39 is 0 Å². The Morgan fingerprint density at radius 1 is 0.738 bits per heavy atom. The molecule has 0 radical (unpaired) electrons. The summed E-state index contributed by atoms with van der Waals surface area (Å²) in [5.41, 5.74) is 11.1. The molecule has 0 atom stereocenters. The zero-order valence-electron chi connectivity index (χ0n) is 27.3. The normalized spacial score (nSPS) is 12.1. The van der Waals surface area contributed by atoms with Crippen LogP contribution in [-0.2, 0) is 12.8 Å². The van der Waals surface area contributed by atoms with Gasteiger partial charge in [0.2, 0.25) is 0 Å². The van der Waals surface area contributed by atoms with Gasteiger partial charge in [-0.05, 0) is 99.5 Å². The molecule has 0 spiro atoms. The molecule has 0 saturated heterocycles. The van der Waals surface area contributed by atoms with Crippen LogP contribution in [0.25, 0.3) is 5.70 Å². The van der Waals surface area contributed by atoms with E-state index in [1.807, 2.05) is 0 Å². The molecule has 0 fully saturated rings. The van der Waals surface area contributed by atoms with E-state index in [-0.39, 0.29) is 0 Å². The Hall–Kier alpha value is -3.26. The van der Waals surface area contributed by atoms with Crippen molar-refractivity contribution in [3.05, 3.63) is 120 Å². The van der Waals surface area contributed by atoms with E-state index in [1.54, 1.807) is 0 Å². The van der Waals surface area contributed by atoms with Crippen molar-refractivity contribution in [1.82, 2.24) is 5.32 Å². The predicted octanol–water partition coefficient (Wildman–Crippen LogP) is 11.7. The molecule has 1 aliphatic carbocycles. The molecule has 1 aliphatic rings. The average Bonchev–Trinajstić information content (AvgIpc) is 3.45. The first-order chi connectivity index (χ1) is 20.4. The number of nitrogens with one attached hydrogen (secondary N) is 2. The molecule has 2 aromatic carbocycles. The lowest BCUT2D eigenvalue weighted by molar-refractivity contribution is 0.672. The summed E-state index contributed by atoms with van der Waals surface area (Å²) in [5, 5.41) is 7.13. The number of aryl methyl sites for hydroxylation is 2. The average molecular weight is 567 g/mol. The van der Waals surface area contributed by atoms with Crippen LogP contribution in [0, 0.1) is 0 Å². The van der Waals surface area contributed by atoms with E-state index in [1.165, 1.54) is 85.6 Å². The van der Waals surface area contributed by atoms with Crippen LogP contribution in [-0.4, -0.2) is 6.54 Å². The van der Waals surface area contributed by atoms with E-state index in [0.29, 0.717) is 0 Å². The first-order valence-corrected chi connectivity index (χ1v) is 16.5. The maximum Gasteiger partial charge on any atom is 0.0423 e. The summed E-state index contributed by atoms with van der Waals surface area (Å²) in [6.45, 7) is 22.6. The molecule has 228 valence electrons. The maximum absolute atomic E-state index is 4.31. The highest BCUT2D eigenvalue weighted by molar-refractivity contribution is 5.69. The summed E-state index contributed by atoms with van der Waals surface area (Å²) in [4.78, 5) is 0. The summed E-state index contributed by atoms with van der Waals surface area (Å²) >= 11 is 0. The van der Waals surface area contributed by atoms with Crippen molar-refractivity contribution in [3.63, 3.8) is 0 Å². The number of rotatable bonds is 19. The van der Waals surface area contributed by atoms with Gasteiger partial charge >= 0.3 is 0 Å². The molecule has 0 aliphatic heterocycles. The number of allylic oxidation sites excluding steroid dienone is 5. The first-order valence-electron chi connectivity index (χ1n) is 16.5. The SMILES string of the molecule is C=C(CCCC)CCCCNC(=C)c1ccc(CCCC)c(NC(=C)C2=CC=C(C)C2)c1.CCCCc1ccccc1. The summed E-state index contributed by atoms with van der Waals surface area (Å²) < 4.78 is 0. The molecule has 2 heteroatoms. The summed E-state index contributed by atoms with van der Waals surface area (Å²) in [7, 11) is 0. The molecule has 0 saturated carbocycles. The van der Waals surface area contributed by atoms with E-state index in [9.17, 15) is 0 Å². The smallest absolute Gasteiger partial charge is 0.0423 e. The molecule has 2 N–H and O–H groups in total. The van der Waals surface area contributed by atoms with Crippen molar-refractivity contribution in [2.75, 3.05) is 11.9 Å². The number of hydrogen-bond acceptors (Lipinski definition) is 2. The van der Waals surface area contributed by atoms with Gasteiger partial charge in [-0.3, -0.25) is 0 Å². The van der Waals surface area contributed by atoms with Crippen molar-refractivity contribution in [1.29, 1.82) is 0 Å². The molecule has 2 aromatic rings. The largest absolute Gasteiger partial charge is 0.385 e. The van der Waals surface area contributed by atoms with Crippen LogP contribution in [0.4, 0.5) is 5.69 Å². The summed E-state index contributed by atoms with van der Waals surface area (Å²) in [6.07, 6.45) is 19.8. The summed E-state index contributed by atoms with van der Waals surface area (Å²) in [6, 6.07) is 17.3. The Kier molecular flexibility index (Phi) is 17.1. The second-order valence-corrected chi connectivity index (χ2v) is 11.8. The topological polar surface area (TPSA) is 24.1 Å². The first kappa shape index (κ1) is 34.9. The molecule has 0 amide bonds. The minimum Gasteiger partial charge on any atom is -0.385 e. The van der Waals surface area contributed by atoms with Gasteiger partial charge in [0.05, 0.1) is 0 Å². The van der Waals surface area contributed by atoms with Gasteiger partial charge in [0, 0.05) is 23.6 Å². The third-order valence-electron chi connectivity index (χ3n) is 7.81. The highest BCUT2D eigenvalue weighted by atomic mass is 14.9. The van der Waals surface area contributed by atoms with Crippen LogP contribution in [0.5, 0.6) is 0 Å². The van der Waals surface area contributed by atoms with Gasteiger partial charge < -0.3 is 10.6 Å². The predicted molar refractivity (Wildman–Crippen MR) is 189 cm³/mol. The molecule has 42 heavy (non-hydrogen) atoms. The Balaban J connectivity index is 0.000000518. The Labute approximate surface area is 258 Å². The Morgan fingerprint density at radius 2 is 1.43 bits per heavy atom. The van der Waals surface area contributed by atoms with Crippen LogP contribution >= 0.6 is 0 Å². The molecule has 0 heterocycles. The van der Waals surface area contributed by atoms with Crippen LogP contribution in [0.2, 0.25) is 0 Å². The number of unbranched alkanes of at least 4 members (excludes halogenated alkanes) is 4. The number of benzene rings is 2. The van der Waals surface area contributed by atoms with Gasteiger partial charge in [-0.2, -0.15) is 0 Å². The lowest BCUT2D eigenvalue weighted by Gasteiger charge is -2.18. The quantitative estimate of drug-likeness (QED) is 0.130. The van der Waals surface area contributed by atoms with Crippen molar-refractivity contribution < 1.29 is 0 Å². The number of anilines is 1. The highest BCUT2D eigenvalue weighted by Crippen LogP contribution is 2.29. The van der Waals surface area contributed by atoms with Crippen LogP contribution in [0.1, 0.15) is 115 Å². The van der Waals surface area contributed by atoms with E-state index in [0.717, 1.165) is 54.9 Å². The zero-order valence-corrected chi connectivity index (χ0v) is 27.3. The molecule has 0 bridgehead atoms. The Morgan fingerprint density at radius 3 is 2.10 bits per heavy atom. The van der Waals surface area contributed by atoms with Crippen LogP contribution in [0.15, 0.2) is 103 Å². The maximum atomic E-state index is 4.31. The second kappa shape index (κ2) is 20.6. The van der Waals surface area contributed by atoms with Crippen molar-refractivity contribution in [2.24, 2.45) is 0 Å². The summed E-state index contributed by atoms with van der Waals surface area (Å²) in [5.74, 6) is 0. The van der Waals surface area contributed by atoms with E-state index in [4.69, 9.17) is 0 Å². The fraction of sp³-hybridized carbons (Fsp3) is 0.450. The van der Waals surface area contributed by atoms with Crippen molar-refractivity contribution in [2.45, 2.75) is 111 Å². The van der Waals surface area contributed by atoms with Gasteiger partial charge in [-0.15, -0.1) is 0 Å². The third-order valence-corrected chi connectivity index (χ3v) is 7.81. The molecule has 3 rings (SSSR count). The minimum absolute atomic E-state index is 0.949. The van der Waals surface area contributed by atoms with Crippen LogP contribution in [0.3, 0.4) is 0 Å². The van der Waals surface area contributed by atoms with Gasteiger partial charge in [0.25, 0.3) is 0 Å². The lowest BCUT2D eigenvalue weighted by atomic mass is 10.0. The van der Waals surface area contributed by atoms with Crippen LogP contribution < -0.4 is 10.6 Å². The van der Waals surface area contributed by atoms with Crippen molar-refractivity contribution in [3.8, 4) is 0 Å². The van der Waals surface area contributed by atoms with E-state index in [2.05, 4.69) is 119 Å². The standard InChI is InChI=1S/C30H44N2.C10H14/c1-7-9-13-23(3)14-11-12-20-31-25(5)29-19-18-27(15-10-8-2)30(22-29)32-26(6)28-17-16-24(4)21-28;1-2-3-7-10-8-5-4-6-9-10/h16-19,22,31-32H,3,5-15,20-21H2,1-2,4H3;4-6,8-9H,2-3,7H2,1H3. The third kappa shape index (κ3) is 13.6. The Bertz CT molecular complexity index is 1170. The highest BCUT2D eigenvalue weighted by Gasteiger charge is 2.12. The minimum atomic E-state index is 0.949. The van der Waals surface area contributed by atoms with Gasteiger partial charge in [0.1, 0.15) is 0 Å². The zero-order chi connectivity index (χ0) is 30.6. The van der Waals surface area contributed by atoms with Gasteiger partial charge in [-0.25, -0.2) is 0 Å². The fourth-order valence-electron chi connectivity index (χ4n) is 5.00. The molecular weight excluding hydrogens is 508 g/mol. The number of hydrogen-bond donors (Lipinski definition) is 2. The molecule has 2 nitrogen and oxygen atoms in total. The van der Waals surface area contributed by atoms with Gasteiger partial charge in [0.15, 0.2) is 0 Å². The molecular formula is C40H58N2. The lowest BCUT2D eigenvalue weighted by Crippen LogP contribution is -2.13. The van der Waals surface area contributed by atoms with Crippen molar-refractivity contribution >= 4 is 11.4 Å². The molecule has 0 unspecified atom stereocenters. The molecule has 0 aromatic heterocycles. The monoisotopic (exact) mass is 566 g/mol.